The van der Waals surface area contributed by atoms with Crippen LogP contribution in [0, 0.1) is 0 Å². The zero-order chi connectivity index (χ0) is 20.6. The van der Waals surface area contributed by atoms with E-state index in [2.05, 4.69) is 5.32 Å². The van der Waals surface area contributed by atoms with Gasteiger partial charge in [-0.05, 0) is 48.9 Å². The van der Waals surface area contributed by atoms with Crippen LogP contribution in [0.1, 0.15) is 33.2 Å². The smallest absolute Gasteiger partial charge is 0.255 e. The Kier molecular flexibility index (Phi) is 6.63. The van der Waals surface area contributed by atoms with Crippen molar-refractivity contribution in [3.8, 4) is 5.75 Å². The maximum Gasteiger partial charge on any atom is 0.255 e. The third-order valence-corrected chi connectivity index (χ3v) is 4.63. The number of carbonyl (C=O) groups is 2. The molecule has 148 valence electrons. The van der Waals surface area contributed by atoms with Crippen molar-refractivity contribution < 1.29 is 14.3 Å². The van der Waals surface area contributed by atoms with E-state index >= 15 is 0 Å². The van der Waals surface area contributed by atoms with Gasteiger partial charge in [-0.3, -0.25) is 9.59 Å². The first-order valence-electron chi connectivity index (χ1n) is 9.50. The molecule has 0 aliphatic heterocycles. The van der Waals surface area contributed by atoms with E-state index in [4.69, 9.17) is 4.74 Å². The van der Waals surface area contributed by atoms with Gasteiger partial charge in [0.2, 0.25) is 0 Å². The summed E-state index contributed by atoms with van der Waals surface area (Å²) in [5.41, 5.74) is 2.70. The van der Waals surface area contributed by atoms with Crippen LogP contribution in [0.15, 0.2) is 78.9 Å². The summed E-state index contributed by atoms with van der Waals surface area (Å²) < 4.78 is 5.26. The lowest BCUT2D eigenvalue weighted by atomic mass is 10.1. The number of methoxy groups -OCH3 is 1. The van der Waals surface area contributed by atoms with Crippen LogP contribution >= 0.6 is 0 Å². The van der Waals surface area contributed by atoms with Crippen LogP contribution in [0.25, 0.3) is 0 Å². The predicted octanol–water partition coefficient (Wildman–Crippen LogP) is 4.61. The molecule has 29 heavy (non-hydrogen) atoms. The van der Waals surface area contributed by atoms with Crippen molar-refractivity contribution in [2.75, 3.05) is 19.0 Å². The molecule has 0 saturated carbocycles. The Morgan fingerprint density at radius 3 is 2.14 bits per heavy atom. The van der Waals surface area contributed by atoms with E-state index in [0.29, 0.717) is 35.7 Å². The molecule has 5 nitrogen and oxygen atoms in total. The first-order chi connectivity index (χ1) is 14.1. The summed E-state index contributed by atoms with van der Waals surface area (Å²) in [5, 5.41) is 2.83. The van der Waals surface area contributed by atoms with Crippen LogP contribution in [-0.2, 0) is 6.54 Å². The minimum Gasteiger partial charge on any atom is -0.495 e. The molecular formula is C24H24N2O3. The first kappa shape index (κ1) is 20.1. The Bertz CT molecular complexity index is 969. The molecule has 0 heterocycles. The molecule has 5 heteroatoms. The molecule has 0 radical (unpaired) electrons. The van der Waals surface area contributed by atoms with Crippen molar-refractivity contribution in [3.05, 3.63) is 95.6 Å². The summed E-state index contributed by atoms with van der Waals surface area (Å²) in [4.78, 5) is 27.2. The number of carbonyl (C=O) groups excluding carboxylic acids is 2. The molecule has 0 unspecified atom stereocenters. The summed E-state index contributed by atoms with van der Waals surface area (Å²) in [6.45, 7) is 3.10. The number of hydrogen-bond donors (Lipinski definition) is 1. The average Bonchev–Trinajstić information content (AvgIpc) is 2.78. The Labute approximate surface area is 170 Å². The Morgan fingerprint density at radius 1 is 0.862 bits per heavy atom. The molecule has 0 aromatic heterocycles. The second-order valence-electron chi connectivity index (χ2n) is 6.54. The van der Waals surface area contributed by atoms with Crippen molar-refractivity contribution in [1.29, 1.82) is 0 Å². The molecule has 2 amide bonds. The zero-order valence-electron chi connectivity index (χ0n) is 16.6. The van der Waals surface area contributed by atoms with Crippen molar-refractivity contribution in [1.82, 2.24) is 4.90 Å². The molecular weight excluding hydrogens is 364 g/mol. The Balaban J connectivity index is 1.70. The van der Waals surface area contributed by atoms with Gasteiger partial charge in [0.15, 0.2) is 0 Å². The van der Waals surface area contributed by atoms with E-state index in [1.54, 1.807) is 48.4 Å². The van der Waals surface area contributed by atoms with Gasteiger partial charge in [-0.2, -0.15) is 0 Å². The normalized spacial score (nSPS) is 10.3. The largest absolute Gasteiger partial charge is 0.495 e. The summed E-state index contributed by atoms with van der Waals surface area (Å²) >= 11 is 0. The topological polar surface area (TPSA) is 58.6 Å². The number of anilines is 1. The van der Waals surface area contributed by atoms with Crippen LogP contribution in [0.3, 0.4) is 0 Å². The molecule has 0 fully saturated rings. The lowest BCUT2D eigenvalue weighted by Crippen LogP contribution is -2.30. The van der Waals surface area contributed by atoms with Crippen molar-refractivity contribution in [2.45, 2.75) is 13.5 Å². The van der Waals surface area contributed by atoms with E-state index in [0.717, 1.165) is 5.56 Å². The average molecular weight is 388 g/mol. The van der Waals surface area contributed by atoms with Crippen LogP contribution in [-0.4, -0.2) is 30.4 Å². The first-order valence-corrected chi connectivity index (χ1v) is 9.50. The number of hydrogen-bond acceptors (Lipinski definition) is 3. The van der Waals surface area contributed by atoms with E-state index in [1.807, 2.05) is 49.4 Å². The standard InChI is InChI=1S/C24H24N2O3/c1-3-26(17-18-9-5-4-6-10-18)24(28)20-15-13-19(14-16-20)23(27)25-21-11-7-8-12-22(21)29-2/h4-16H,3,17H2,1-2H3,(H,25,27). The highest BCUT2D eigenvalue weighted by Crippen LogP contribution is 2.23. The predicted molar refractivity (Wildman–Crippen MR) is 114 cm³/mol. The zero-order valence-corrected chi connectivity index (χ0v) is 16.6. The van der Waals surface area contributed by atoms with Crippen molar-refractivity contribution in [3.63, 3.8) is 0 Å². The monoisotopic (exact) mass is 388 g/mol. The minimum atomic E-state index is -0.259. The molecule has 0 bridgehead atoms. The number of rotatable bonds is 7. The number of benzene rings is 3. The van der Waals surface area contributed by atoms with Crippen molar-refractivity contribution in [2.24, 2.45) is 0 Å². The maximum atomic E-state index is 12.8. The molecule has 0 aliphatic carbocycles. The Morgan fingerprint density at radius 2 is 1.48 bits per heavy atom. The van der Waals surface area contributed by atoms with Gasteiger partial charge >= 0.3 is 0 Å². The molecule has 3 aromatic rings. The molecule has 3 aromatic carbocycles. The van der Waals surface area contributed by atoms with E-state index in [-0.39, 0.29) is 11.8 Å². The Hall–Kier alpha value is -3.60. The van der Waals surface area contributed by atoms with Crippen LogP contribution < -0.4 is 10.1 Å². The number of nitrogens with one attached hydrogen (secondary N) is 1. The fourth-order valence-electron chi connectivity index (χ4n) is 3.02. The molecule has 3 rings (SSSR count). The van der Waals surface area contributed by atoms with Gasteiger partial charge in [0, 0.05) is 24.2 Å². The van der Waals surface area contributed by atoms with Gasteiger partial charge in [0.25, 0.3) is 11.8 Å². The lowest BCUT2D eigenvalue weighted by molar-refractivity contribution is 0.0752. The minimum absolute atomic E-state index is 0.0620. The van der Waals surface area contributed by atoms with E-state index in [9.17, 15) is 9.59 Å². The van der Waals surface area contributed by atoms with Crippen LogP contribution in [0.5, 0.6) is 5.75 Å². The highest BCUT2D eigenvalue weighted by atomic mass is 16.5. The highest BCUT2D eigenvalue weighted by molar-refractivity contribution is 6.05. The van der Waals surface area contributed by atoms with Gasteiger partial charge in [-0.1, -0.05) is 42.5 Å². The summed E-state index contributed by atoms with van der Waals surface area (Å²) in [5.74, 6) is 0.269. The van der Waals surface area contributed by atoms with E-state index < -0.39 is 0 Å². The third kappa shape index (κ3) is 5.02. The number of nitrogens with zero attached hydrogens (tertiary/aromatic N) is 1. The van der Waals surface area contributed by atoms with Gasteiger partial charge in [0.05, 0.1) is 12.8 Å². The quantitative estimate of drug-likeness (QED) is 0.643. The molecule has 1 N–H and O–H groups in total. The molecule has 0 saturated heterocycles. The second-order valence-corrected chi connectivity index (χ2v) is 6.54. The van der Waals surface area contributed by atoms with Gasteiger partial charge in [-0.15, -0.1) is 0 Å². The van der Waals surface area contributed by atoms with Gasteiger partial charge in [0.1, 0.15) is 5.75 Å². The van der Waals surface area contributed by atoms with Crippen LogP contribution in [0.4, 0.5) is 5.69 Å². The molecule has 0 atom stereocenters. The number of para-hydroxylation sites is 2. The fraction of sp³-hybridized carbons (Fsp3) is 0.167. The molecule has 0 aliphatic rings. The lowest BCUT2D eigenvalue weighted by Gasteiger charge is -2.21. The summed E-state index contributed by atoms with van der Waals surface area (Å²) in [6.07, 6.45) is 0. The fourth-order valence-corrected chi connectivity index (χ4v) is 3.02. The summed E-state index contributed by atoms with van der Waals surface area (Å²) in [7, 11) is 1.56. The second kappa shape index (κ2) is 9.55. The van der Waals surface area contributed by atoms with Gasteiger partial charge in [-0.25, -0.2) is 0 Å². The SMILES string of the molecule is CCN(Cc1ccccc1)C(=O)c1ccc(C(=O)Nc2ccccc2OC)cc1. The van der Waals surface area contributed by atoms with Crippen molar-refractivity contribution >= 4 is 17.5 Å². The number of amides is 2. The summed E-state index contributed by atoms with van der Waals surface area (Å²) in [6, 6.07) is 23.8. The third-order valence-electron chi connectivity index (χ3n) is 4.63. The van der Waals surface area contributed by atoms with Crippen LogP contribution in [0.2, 0.25) is 0 Å². The van der Waals surface area contributed by atoms with E-state index in [1.165, 1.54) is 0 Å². The highest BCUT2D eigenvalue weighted by Gasteiger charge is 2.16. The van der Waals surface area contributed by atoms with Gasteiger partial charge < -0.3 is 15.0 Å². The molecule has 0 spiro atoms. The maximum absolute atomic E-state index is 12.8. The number of ether oxygens (including phenoxy) is 1.